The van der Waals surface area contributed by atoms with E-state index < -0.39 is 0 Å². The molecule has 0 spiro atoms. The van der Waals surface area contributed by atoms with E-state index in [1.165, 1.54) is 14.6 Å². The van der Waals surface area contributed by atoms with Crippen molar-refractivity contribution in [2.45, 2.75) is 0 Å². The summed E-state index contributed by atoms with van der Waals surface area (Å²) in [7, 11) is 0. The number of hydrogen-bond donors (Lipinski definition) is 0. The highest BCUT2D eigenvalue weighted by Gasteiger charge is 2.08. The maximum Gasteiger partial charge on any atom is 0.131 e. The minimum absolute atomic E-state index is 0.133. The number of nitrogens with zero attached hydrogens (tertiary/aromatic N) is 2. The Hall–Kier alpha value is -2.18. The summed E-state index contributed by atoms with van der Waals surface area (Å²) in [5, 5.41) is 19.7. The van der Waals surface area contributed by atoms with Gasteiger partial charge in [-0.15, -0.1) is 34.0 Å². The predicted octanol–water partition coefficient (Wildman–Crippen LogP) is 5.64. The van der Waals surface area contributed by atoms with Crippen LogP contribution in [0.1, 0.15) is 4.88 Å². The third kappa shape index (κ3) is 2.96. The molecule has 0 aliphatic rings. The van der Waals surface area contributed by atoms with Crippen LogP contribution in [0.3, 0.4) is 0 Å². The molecule has 5 heteroatoms. The van der Waals surface area contributed by atoms with Crippen molar-refractivity contribution in [2.75, 3.05) is 0 Å². The number of nitriles is 2. The van der Waals surface area contributed by atoms with Gasteiger partial charge in [0.2, 0.25) is 0 Å². The molecule has 3 aromatic heterocycles. The van der Waals surface area contributed by atoms with Gasteiger partial charge in [0, 0.05) is 24.4 Å². The van der Waals surface area contributed by atoms with Crippen LogP contribution in [-0.2, 0) is 0 Å². The van der Waals surface area contributed by atoms with Crippen LogP contribution in [0.5, 0.6) is 0 Å². The van der Waals surface area contributed by atoms with Gasteiger partial charge in [0.1, 0.15) is 17.7 Å². The topological polar surface area (TPSA) is 47.6 Å². The van der Waals surface area contributed by atoms with Crippen LogP contribution in [0, 0.1) is 22.7 Å². The molecule has 0 atom stereocenters. The van der Waals surface area contributed by atoms with Crippen LogP contribution in [0.25, 0.3) is 25.6 Å². The van der Waals surface area contributed by atoms with Gasteiger partial charge in [-0.05, 0) is 41.8 Å². The number of rotatable bonds is 3. The van der Waals surface area contributed by atoms with E-state index in [0.717, 1.165) is 9.75 Å². The fraction of sp³-hybridized carbons (Fsp3) is 0. The Balaban J connectivity index is 1.90. The van der Waals surface area contributed by atoms with Crippen LogP contribution in [0.15, 0.2) is 47.4 Å². The van der Waals surface area contributed by atoms with Crippen molar-refractivity contribution in [1.82, 2.24) is 0 Å². The lowest BCUT2D eigenvalue weighted by Gasteiger charge is -1.90. The fourth-order valence-corrected chi connectivity index (χ4v) is 4.70. The Morgan fingerprint density at radius 3 is 2.19 bits per heavy atom. The smallest absolute Gasteiger partial charge is 0.131 e. The Morgan fingerprint density at radius 1 is 0.857 bits per heavy atom. The maximum absolute atomic E-state index is 8.79. The average molecular weight is 324 g/mol. The van der Waals surface area contributed by atoms with E-state index >= 15 is 0 Å². The first-order valence-corrected chi connectivity index (χ1v) is 8.57. The molecule has 2 nitrogen and oxygen atoms in total. The third-order valence-electron chi connectivity index (χ3n) is 2.77. The zero-order valence-electron chi connectivity index (χ0n) is 10.7. The van der Waals surface area contributed by atoms with Crippen molar-refractivity contribution in [3.8, 4) is 31.6 Å². The van der Waals surface area contributed by atoms with Gasteiger partial charge < -0.3 is 0 Å². The molecule has 0 aliphatic heterocycles. The lowest BCUT2D eigenvalue weighted by Crippen LogP contribution is -1.68. The molecule has 0 radical (unpaired) electrons. The second-order valence-corrected chi connectivity index (χ2v) is 7.27. The van der Waals surface area contributed by atoms with Crippen LogP contribution < -0.4 is 0 Å². The van der Waals surface area contributed by atoms with E-state index in [1.54, 1.807) is 40.1 Å². The van der Waals surface area contributed by atoms with Gasteiger partial charge in [0.05, 0.1) is 0 Å². The molecular formula is C16H8N2S3. The first-order valence-electron chi connectivity index (χ1n) is 6.06. The molecule has 0 unspecified atom stereocenters. The number of hydrogen-bond acceptors (Lipinski definition) is 5. The summed E-state index contributed by atoms with van der Waals surface area (Å²) in [5.41, 5.74) is 0.133. The van der Waals surface area contributed by atoms with Crippen LogP contribution in [0.2, 0.25) is 0 Å². The van der Waals surface area contributed by atoms with Gasteiger partial charge in [-0.3, -0.25) is 0 Å². The summed E-state index contributed by atoms with van der Waals surface area (Å²) in [6.07, 6.45) is 1.63. The monoisotopic (exact) mass is 324 g/mol. The van der Waals surface area contributed by atoms with Crippen LogP contribution in [-0.4, -0.2) is 0 Å². The molecule has 0 saturated heterocycles. The van der Waals surface area contributed by atoms with E-state index in [9.17, 15) is 0 Å². The molecule has 21 heavy (non-hydrogen) atoms. The Morgan fingerprint density at radius 2 is 1.52 bits per heavy atom. The second kappa shape index (κ2) is 6.07. The summed E-state index contributed by atoms with van der Waals surface area (Å²) < 4.78 is 0. The second-order valence-electron chi connectivity index (χ2n) is 4.12. The van der Waals surface area contributed by atoms with Crippen LogP contribution in [0.4, 0.5) is 0 Å². The zero-order chi connectivity index (χ0) is 14.7. The molecule has 0 saturated carbocycles. The molecule has 0 amide bonds. The summed E-state index contributed by atoms with van der Waals surface area (Å²) in [6, 6.07) is 16.2. The summed E-state index contributed by atoms with van der Waals surface area (Å²) >= 11 is 5.08. The van der Waals surface area contributed by atoms with E-state index in [1.807, 2.05) is 24.3 Å². The standard InChI is InChI=1S/C16H8N2S3/c17-9-11(10-18)8-12-3-4-15(20-12)16-6-5-14(21-16)13-2-1-7-19-13/h1-8H. The van der Waals surface area contributed by atoms with Crippen LogP contribution >= 0.6 is 34.0 Å². The first kappa shape index (κ1) is 13.8. The highest BCUT2D eigenvalue weighted by molar-refractivity contribution is 7.26. The molecule has 3 aromatic rings. The Bertz CT molecular complexity index is 851. The molecule has 0 fully saturated rings. The zero-order valence-corrected chi connectivity index (χ0v) is 13.2. The fourth-order valence-electron chi connectivity index (χ4n) is 1.82. The van der Waals surface area contributed by atoms with Crippen molar-refractivity contribution in [3.05, 3.63) is 52.2 Å². The normalized spacial score (nSPS) is 9.81. The third-order valence-corrected chi connectivity index (χ3v) is 6.15. The molecule has 0 aliphatic carbocycles. The summed E-state index contributed by atoms with van der Waals surface area (Å²) in [6.45, 7) is 0. The molecule has 3 heterocycles. The molecule has 0 aromatic carbocycles. The Labute approximate surface area is 134 Å². The number of allylic oxidation sites excluding steroid dienone is 1. The summed E-state index contributed by atoms with van der Waals surface area (Å²) in [5.74, 6) is 0. The molecule has 100 valence electrons. The van der Waals surface area contributed by atoms with Crippen molar-refractivity contribution in [3.63, 3.8) is 0 Å². The SMILES string of the molecule is N#CC(C#N)=Cc1ccc(-c2ccc(-c3cccs3)s2)s1. The van der Waals surface area contributed by atoms with Gasteiger partial charge in [0.15, 0.2) is 0 Å². The lowest BCUT2D eigenvalue weighted by atomic mass is 10.3. The van der Waals surface area contributed by atoms with Crippen molar-refractivity contribution >= 4 is 40.1 Å². The minimum atomic E-state index is 0.133. The van der Waals surface area contributed by atoms with E-state index in [-0.39, 0.29) is 5.57 Å². The minimum Gasteiger partial charge on any atom is -0.192 e. The first-order chi connectivity index (χ1) is 10.3. The highest BCUT2D eigenvalue weighted by Crippen LogP contribution is 2.39. The van der Waals surface area contributed by atoms with Gasteiger partial charge >= 0.3 is 0 Å². The molecule has 3 rings (SSSR count). The largest absolute Gasteiger partial charge is 0.192 e. The van der Waals surface area contributed by atoms with Gasteiger partial charge in [-0.2, -0.15) is 10.5 Å². The predicted molar refractivity (Wildman–Crippen MR) is 90.1 cm³/mol. The summed E-state index contributed by atoms with van der Waals surface area (Å²) in [4.78, 5) is 5.83. The average Bonchev–Trinajstić information content (AvgIpc) is 3.23. The van der Waals surface area contributed by atoms with E-state index in [4.69, 9.17) is 10.5 Å². The van der Waals surface area contributed by atoms with E-state index in [0.29, 0.717) is 0 Å². The van der Waals surface area contributed by atoms with Gasteiger partial charge in [-0.1, -0.05) is 6.07 Å². The molecule has 0 bridgehead atoms. The maximum atomic E-state index is 8.79. The van der Waals surface area contributed by atoms with Crippen molar-refractivity contribution in [1.29, 1.82) is 10.5 Å². The highest BCUT2D eigenvalue weighted by atomic mass is 32.1. The van der Waals surface area contributed by atoms with E-state index in [2.05, 4.69) is 29.6 Å². The van der Waals surface area contributed by atoms with Gasteiger partial charge in [-0.25, -0.2) is 0 Å². The van der Waals surface area contributed by atoms with Crippen molar-refractivity contribution in [2.24, 2.45) is 0 Å². The lowest BCUT2D eigenvalue weighted by molar-refractivity contribution is 1.47. The molecule has 0 N–H and O–H groups in total. The number of thiophene rings is 3. The Kier molecular flexibility index (Phi) is 3.98. The quantitative estimate of drug-likeness (QED) is 0.586. The molecular weight excluding hydrogens is 316 g/mol. The van der Waals surface area contributed by atoms with Crippen molar-refractivity contribution < 1.29 is 0 Å². The van der Waals surface area contributed by atoms with Gasteiger partial charge in [0.25, 0.3) is 0 Å².